The molecule has 0 atom stereocenters. The molecule has 1 aromatic carbocycles. The molecule has 0 aliphatic rings. The first-order chi connectivity index (χ1) is 7.68. The van der Waals surface area contributed by atoms with E-state index in [0.717, 1.165) is 12.1 Å². The summed E-state index contributed by atoms with van der Waals surface area (Å²) in [6.07, 6.45) is 0.551. The van der Waals surface area contributed by atoms with Crippen molar-refractivity contribution in [2.45, 2.75) is 37.6 Å². The fourth-order valence-electron chi connectivity index (χ4n) is 1.18. The van der Waals surface area contributed by atoms with Gasteiger partial charge in [-0.2, -0.15) is 0 Å². The summed E-state index contributed by atoms with van der Waals surface area (Å²) in [6.45, 7) is 5.18. The molecule has 0 amide bonds. The van der Waals surface area contributed by atoms with Crippen molar-refractivity contribution in [2.24, 2.45) is 0 Å². The van der Waals surface area contributed by atoms with Gasteiger partial charge in [0.25, 0.3) is 0 Å². The maximum Gasteiger partial charge on any atom is 0.243 e. The van der Waals surface area contributed by atoms with E-state index >= 15 is 0 Å². The highest BCUT2D eigenvalue weighted by Crippen LogP contribution is 2.18. The molecule has 0 aliphatic carbocycles. The summed E-state index contributed by atoms with van der Waals surface area (Å²) >= 11 is 0. The lowest BCUT2D eigenvalue weighted by Gasteiger charge is -2.24. The lowest BCUT2D eigenvalue weighted by molar-refractivity contribution is 0.437. The second-order valence-electron chi connectivity index (χ2n) is 4.42. The van der Waals surface area contributed by atoms with Crippen molar-refractivity contribution in [3.8, 4) is 0 Å². The van der Waals surface area contributed by atoms with Gasteiger partial charge in [0.05, 0.1) is 0 Å². The van der Waals surface area contributed by atoms with Crippen molar-refractivity contribution >= 4 is 10.0 Å². The molecule has 0 aliphatic heterocycles. The van der Waals surface area contributed by atoms with E-state index in [2.05, 4.69) is 4.72 Å². The lowest BCUT2D eigenvalue weighted by Crippen LogP contribution is -2.42. The number of nitrogens with one attached hydrogen (secondary N) is 1. The molecule has 0 aromatic heterocycles. The molecule has 3 nitrogen and oxygen atoms in total. The molecule has 1 aromatic rings. The Morgan fingerprint density at radius 2 is 1.88 bits per heavy atom. The fourth-order valence-corrected chi connectivity index (χ4v) is 2.73. The molecule has 0 fully saturated rings. The van der Waals surface area contributed by atoms with Crippen LogP contribution in [0.4, 0.5) is 8.78 Å². The van der Waals surface area contributed by atoms with Gasteiger partial charge in [-0.1, -0.05) is 6.92 Å². The summed E-state index contributed by atoms with van der Waals surface area (Å²) in [5.41, 5.74) is -0.681. The van der Waals surface area contributed by atoms with Crippen LogP contribution in [0.1, 0.15) is 27.2 Å². The van der Waals surface area contributed by atoms with Crippen LogP contribution in [0.5, 0.6) is 0 Å². The molecule has 0 spiro atoms. The Hall–Kier alpha value is -1.01. The highest BCUT2D eigenvalue weighted by Gasteiger charge is 2.26. The molecule has 1 N–H and O–H groups in total. The van der Waals surface area contributed by atoms with Crippen molar-refractivity contribution in [3.63, 3.8) is 0 Å². The average Bonchev–Trinajstić information content (AvgIpc) is 2.15. The number of sulfonamides is 1. The first-order valence-electron chi connectivity index (χ1n) is 5.17. The van der Waals surface area contributed by atoms with E-state index in [0.29, 0.717) is 12.5 Å². The zero-order valence-corrected chi connectivity index (χ0v) is 10.7. The minimum absolute atomic E-state index is 0.541. The average molecular weight is 263 g/mol. The summed E-state index contributed by atoms with van der Waals surface area (Å²) in [4.78, 5) is -0.541. The van der Waals surface area contributed by atoms with Gasteiger partial charge in [0.2, 0.25) is 10.0 Å². The van der Waals surface area contributed by atoms with Crippen LogP contribution in [0.3, 0.4) is 0 Å². The van der Waals surface area contributed by atoms with Crippen molar-refractivity contribution in [2.75, 3.05) is 0 Å². The van der Waals surface area contributed by atoms with Gasteiger partial charge in [-0.05, 0) is 32.4 Å². The number of hydrogen-bond donors (Lipinski definition) is 1. The number of rotatable bonds is 4. The third-order valence-electron chi connectivity index (χ3n) is 2.48. The van der Waals surface area contributed by atoms with Gasteiger partial charge >= 0.3 is 0 Å². The molecule has 0 bridgehead atoms. The molecule has 0 unspecified atom stereocenters. The number of hydrogen-bond acceptors (Lipinski definition) is 2. The first kappa shape index (κ1) is 14.1. The molecular weight excluding hydrogens is 248 g/mol. The molecule has 1 rings (SSSR count). The number of halogens is 2. The normalized spacial score (nSPS) is 12.8. The molecule has 0 saturated carbocycles. The summed E-state index contributed by atoms with van der Waals surface area (Å²) in [5.74, 6) is -1.90. The van der Waals surface area contributed by atoms with Gasteiger partial charge in [0.15, 0.2) is 0 Å². The van der Waals surface area contributed by atoms with Crippen LogP contribution in [-0.4, -0.2) is 14.0 Å². The predicted molar refractivity (Wildman–Crippen MR) is 61.0 cm³/mol. The zero-order chi connectivity index (χ0) is 13.3. The predicted octanol–water partition coefficient (Wildman–Crippen LogP) is 2.43. The topological polar surface area (TPSA) is 46.2 Å². The van der Waals surface area contributed by atoms with Crippen LogP contribution in [-0.2, 0) is 10.0 Å². The van der Waals surface area contributed by atoms with Crippen LogP contribution in [0.15, 0.2) is 23.1 Å². The van der Waals surface area contributed by atoms with Crippen LogP contribution < -0.4 is 4.72 Å². The van der Waals surface area contributed by atoms with Crippen molar-refractivity contribution in [1.82, 2.24) is 4.72 Å². The Morgan fingerprint density at radius 1 is 1.29 bits per heavy atom. The Morgan fingerprint density at radius 3 is 2.35 bits per heavy atom. The number of benzene rings is 1. The van der Waals surface area contributed by atoms with Gasteiger partial charge in [-0.3, -0.25) is 0 Å². The van der Waals surface area contributed by atoms with E-state index in [1.54, 1.807) is 13.8 Å². The highest BCUT2D eigenvalue weighted by atomic mass is 32.2. The quantitative estimate of drug-likeness (QED) is 0.906. The Labute approximate surface area is 99.9 Å². The van der Waals surface area contributed by atoms with Crippen LogP contribution in [0, 0.1) is 11.6 Å². The van der Waals surface area contributed by atoms with Crippen molar-refractivity contribution < 1.29 is 17.2 Å². The van der Waals surface area contributed by atoms with Gasteiger partial charge in [-0.15, -0.1) is 0 Å². The first-order valence-corrected chi connectivity index (χ1v) is 6.65. The second-order valence-corrected chi connectivity index (χ2v) is 6.07. The van der Waals surface area contributed by atoms with E-state index in [-0.39, 0.29) is 0 Å². The molecule has 96 valence electrons. The third-order valence-corrected chi connectivity index (χ3v) is 4.21. The molecule has 0 heterocycles. The van der Waals surface area contributed by atoms with Crippen LogP contribution in [0.25, 0.3) is 0 Å². The lowest BCUT2D eigenvalue weighted by atomic mass is 10.0. The SMILES string of the molecule is CCC(C)(C)NS(=O)(=O)c1ccc(F)cc1F. The van der Waals surface area contributed by atoms with Crippen molar-refractivity contribution in [1.29, 1.82) is 0 Å². The minimum Gasteiger partial charge on any atom is -0.207 e. The molecular formula is C11H15F2NO2S. The summed E-state index contributed by atoms with van der Waals surface area (Å²) < 4.78 is 52.1. The largest absolute Gasteiger partial charge is 0.243 e. The summed E-state index contributed by atoms with van der Waals surface area (Å²) in [6, 6.07) is 2.38. The van der Waals surface area contributed by atoms with E-state index in [9.17, 15) is 17.2 Å². The Balaban J connectivity index is 3.14. The fraction of sp³-hybridized carbons (Fsp3) is 0.455. The summed E-state index contributed by atoms with van der Waals surface area (Å²) in [5, 5.41) is 0. The van der Waals surface area contributed by atoms with E-state index in [1.165, 1.54) is 0 Å². The van der Waals surface area contributed by atoms with Gasteiger partial charge in [0.1, 0.15) is 16.5 Å². The monoisotopic (exact) mass is 263 g/mol. The van der Waals surface area contributed by atoms with E-state index in [4.69, 9.17) is 0 Å². The Bertz CT molecular complexity index is 512. The maximum absolute atomic E-state index is 13.4. The maximum atomic E-state index is 13.4. The minimum atomic E-state index is -3.97. The van der Waals surface area contributed by atoms with Crippen molar-refractivity contribution in [3.05, 3.63) is 29.8 Å². The third kappa shape index (κ3) is 3.47. The smallest absolute Gasteiger partial charge is 0.207 e. The second kappa shape index (κ2) is 4.70. The molecule has 0 radical (unpaired) electrons. The van der Waals surface area contributed by atoms with Gasteiger partial charge in [-0.25, -0.2) is 21.9 Å². The summed E-state index contributed by atoms with van der Waals surface area (Å²) in [7, 11) is -3.97. The van der Waals surface area contributed by atoms with Crippen LogP contribution >= 0.6 is 0 Å². The van der Waals surface area contributed by atoms with Crippen LogP contribution in [0.2, 0.25) is 0 Å². The van der Waals surface area contributed by atoms with Gasteiger partial charge in [0, 0.05) is 11.6 Å². The van der Waals surface area contributed by atoms with Gasteiger partial charge < -0.3 is 0 Å². The molecule has 0 saturated heterocycles. The Kier molecular flexibility index (Phi) is 3.88. The standard InChI is InChI=1S/C11H15F2NO2S/c1-4-11(2,3)14-17(15,16)10-6-5-8(12)7-9(10)13/h5-7,14H,4H2,1-3H3. The zero-order valence-electron chi connectivity index (χ0n) is 9.92. The molecule has 17 heavy (non-hydrogen) atoms. The van der Waals surface area contributed by atoms with E-state index < -0.39 is 32.1 Å². The molecule has 6 heteroatoms. The van der Waals surface area contributed by atoms with E-state index in [1.807, 2.05) is 6.92 Å². The highest BCUT2D eigenvalue weighted by molar-refractivity contribution is 7.89.